The van der Waals surface area contributed by atoms with Crippen LogP contribution < -0.4 is 10.3 Å². The third-order valence-electron chi connectivity index (χ3n) is 5.03. The summed E-state index contributed by atoms with van der Waals surface area (Å²) in [5.41, 5.74) is 6.89. The first kappa shape index (κ1) is 24.6. The molecule has 0 aliphatic rings. The number of rotatable bonds is 11. The summed E-state index contributed by atoms with van der Waals surface area (Å²) >= 11 is 0. The molecule has 33 heavy (non-hydrogen) atoms. The van der Waals surface area contributed by atoms with E-state index in [0.29, 0.717) is 23.5 Å². The molecule has 0 aliphatic heterocycles. The monoisotopic (exact) mass is 476 g/mol. The highest BCUT2D eigenvalue weighted by Crippen LogP contribution is 2.53. The van der Waals surface area contributed by atoms with Gasteiger partial charge >= 0.3 is 13.5 Å². The minimum Gasteiger partial charge on any atom is -0.480 e. The number of anilines is 1. The molecule has 12 heteroatoms. The maximum Gasteiger partial charge on any atom is 0.345 e. The number of nitrogens with zero attached hydrogens (tertiary/aromatic N) is 5. The molecule has 0 spiro atoms. The van der Waals surface area contributed by atoms with Crippen LogP contribution in [-0.2, 0) is 20.6 Å². The summed E-state index contributed by atoms with van der Waals surface area (Å²) in [4.78, 5) is 24.1. The second kappa shape index (κ2) is 10.3. The number of nitrogen functional groups attached to an aromatic ring is 1. The fraction of sp³-hybridized carbons (Fsp3) is 0.429. The van der Waals surface area contributed by atoms with Crippen LogP contribution in [0.1, 0.15) is 27.7 Å². The Morgan fingerprint density at radius 3 is 2.52 bits per heavy atom. The number of ether oxygens (including phenoxy) is 1. The molecule has 11 nitrogen and oxygen atoms in total. The highest BCUT2D eigenvalue weighted by Gasteiger charge is 2.42. The molecule has 2 aromatic heterocycles. The summed E-state index contributed by atoms with van der Waals surface area (Å²) in [5, 5.41) is 9.61. The van der Waals surface area contributed by atoms with E-state index in [-0.39, 0.29) is 18.2 Å². The van der Waals surface area contributed by atoms with Crippen LogP contribution in [0.25, 0.3) is 11.2 Å². The van der Waals surface area contributed by atoms with Gasteiger partial charge in [-0.25, -0.2) is 19.6 Å². The van der Waals surface area contributed by atoms with Gasteiger partial charge in [-0.3, -0.25) is 9.36 Å². The van der Waals surface area contributed by atoms with Crippen LogP contribution in [0.15, 0.2) is 43.0 Å². The van der Waals surface area contributed by atoms with E-state index in [1.54, 1.807) is 49.0 Å². The van der Waals surface area contributed by atoms with Gasteiger partial charge in [0.2, 0.25) is 0 Å². The zero-order valence-corrected chi connectivity index (χ0v) is 19.9. The van der Waals surface area contributed by atoms with E-state index in [9.17, 15) is 14.5 Å². The Bertz CT molecular complexity index is 1140. The highest BCUT2D eigenvalue weighted by molar-refractivity contribution is 7.56. The summed E-state index contributed by atoms with van der Waals surface area (Å²) in [6.45, 7) is 7.18. The molecule has 3 aromatic rings. The Morgan fingerprint density at radius 1 is 1.18 bits per heavy atom. The molecule has 0 radical (unpaired) electrons. The smallest absolute Gasteiger partial charge is 0.345 e. The van der Waals surface area contributed by atoms with Gasteiger partial charge in [-0.1, -0.05) is 18.2 Å². The van der Waals surface area contributed by atoms with Crippen molar-refractivity contribution in [2.75, 3.05) is 12.1 Å². The standard InChI is InChI=1S/C21H29N6O5P/c1-14(2)27(16(4)21(28)29)33(30,32-17-8-6-5-7-9-17)13-31-15(3)10-26-12-25-18-19(22)23-11-24-20(18)26/h5-9,11-12,14-16H,10,13H2,1-4H3,(H,28,29)(H2,22,23,24)/t15-,16+,33+/m1/s1. The van der Waals surface area contributed by atoms with Crippen molar-refractivity contribution < 1.29 is 23.7 Å². The predicted octanol–water partition coefficient (Wildman–Crippen LogP) is 3.23. The van der Waals surface area contributed by atoms with Gasteiger partial charge in [0.25, 0.3) is 0 Å². The lowest BCUT2D eigenvalue weighted by Crippen LogP contribution is -2.43. The summed E-state index contributed by atoms with van der Waals surface area (Å²) < 4.78 is 29.1. The number of nitrogens with two attached hydrogens (primary N) is 1. The molecule has 2 heterocycles. The van der Waals surface area contributed by atoms with Crippen molar-refractivity contribution in [2.24, 2.45) is 0 Å². The van der Waals surface area contributed by atoms with Crippen LogP contribution >= 0.6 is 7.52 Å². The molecule has 0 bridgehead atoms. The van der Waals surface area contributed by atoms with Crippen molar-refractivity contribution in [3.05, 3.63) is 43.0 Å². The number of fused-ring (bicyclic) bond motifs is 1. The minimum atomic E-state index is -3.76. The van der Waals surface area contributed by atoms with E-state index in [1.807, 2.05) is 13.0 Å². The molecule has 0 saturated heterocycles. The SMILES string of the molecule is CC(C)N([C@@H](C)C(=O)O)[P@](=O)(CO[C@H](C)Cn1cnc2c(N)ncnc21)Oc1ccccc1. The third-order valence-corrected chi connectivity index (χ3v) is 7.52. The minimum absolute atomic E-state index is 0.281. The predicted molar refractivity (Wildman–Crippen MR) is 124 cm³/mol. The zero-order chi connectivity index (χ0) is 24.2. The first-order valence-corrected chi connectivity index (χ1v) is 12.3. The first-order valence-electron chi connectivity index (χ1n) is 10.5. The Morgan fingerprint density at radius 2 is 1.88 bits per heavy atom. The number of para-hydroxylation sites is 1. The number of imidazole rings is 1. The largest absolute Gasteiger partial charge is 0.480 e. The van der Waals surface area contributed by atoms with Gasteiger partial charge in [-0.15, -0.1) is 0 Å². The molecule has 3 atom stereocenters. The van der Waals surface area contributed by atoms with Crippen molar-refractivity contribution in [2.45, 2.75) is 52.4 Å². The number of carbonyl (C=O) groups is 1. The van der Waals surface area contributed by atoms with E-state index >= 15 is 0 Å². The maximum atomic E-state index is 14.1. The van der Waals surface area contributed by atoms with Crippen LogP contribution in [0.5, 0.6) is 5.75 Å². The molecule has 0 amide bonds. The molecule has 0 aliphatic carbocycles. The molecule has 0 saturated carbocycles. The van der Waals surface area contributed by atoms with Gasteiger partial charge in [0, 0.05) is 6.04 Å². The molecular weight excluding hydrogens is 447 g/mol. The van der Waals surface area contributed by atoms with Crippen molar-refractivity contribution in [3.8, 4) is 5.75 Å². The number of benzene rings is 1. The highest BCUT2D eigenvalue weighted by atomic mass is 31.2. The molecular formula is C21H29N6O5P. The average Bonchev–Trinajstić information content (AvgIpc) is 3.17. The van der Waals surface area contributed by atoms with Crippen LogP contribution in [0.2, 0.25) is 0 Å². The van der Waals surface area contributed by atoms with Crippen molar-refractivity contribution in [1.29, 1.82) is 0 Å². The number of aliphatic carboxylic acids is 1. The van der Waals surface area contributed by atoms with E-state index < -0.39 is 25.6 Å². The van der Waals surface area contributed by atoms with E-state index in [2.05, 4.69) is 15.0 Å². The van der Waals surface area contributed by atoms with Gasteiger partial charge in [0.15, 0.2) is 11.5 Å². The number of aromatic nitrogens is 4. The number of hydrogen-bond acceptors (Lipinski definition) is 8. The van der Waals surface area contributed by atoms with Gasteiger partial charge < -0.3 is 24.7 Å². The third kappa shape index (κ3) is 5.68. The number of carboxylic acid groups (broad SMARTS) is 1. The fourth-order valence-corrected chi connectivity index (χ4v) is 6.05. The Balaban J connectivity index is 1.82. The van der Waals surface area contributed by atoms with Crippen LogP contribution in [0.3, 0.4) is 0 Å². The lowest BCUT2D eigenvalue weighted by Gasteiger charge is -2.36. The molecule has 1 aromatic carbocycles. The van der Waals surface area contributed by atoms with Gasteiger partial charge in [-0.05, 0) is 39.8 Å². The molecule has 3 rings (SSSR count). The summed E-state index contributed by atoms with van der Waals surface area (Å²) in [6.07, 6.45) is 2.22. The lowest BCUT2D eigenvalue weighted by atomic mass is 10.3. The molecule has 0 unspecified atom stereocenters. The van der Waals surface area contributed by atoms with Gasteiger partial charge in [0.1, 0.15) is 30.0 Å². The molecule has 3 N–H and O–H groups in total. The quantitative estimate of drug-likeness (QED) is 0.396. The second-order valence-corrected chi connectivity index (χ2v) is 10.1. The molecule has 178 valence electrons. The normalized spacial score (nSPS) is 15.5. The fourth-order valence-electron chi connectivity index (χ4n) is 3.55. The molecule has 0 fully saturated rings. The second-order valence-electron chi connectivity index (χ2n) is 7.96. The summed E-state index contributed by atoms with van der Waals surface area (Å²) in [6, 6.07) is 7.23. The average molecular weight is 476 g/mol. The van der Waals surface area contributed by atoms with Gasteiger partial charge in [0.05, 0.1) is 19.0 Å². The van der Waals surface area contributed by atoms with Crippen molar-refractivity contribution in [3.63, 3.8) is 0 Å². The van der Waals surface area contributed by atoms with E-state index in [0.717, 1.165) is 0 Å². The van der Waals surface area contributed by atoms with Crippen molar-refractivity contribution in [1.82, 2.24) is 24.2 Å². The maximum absolute atomic E-state index is 14.1. The van der Waals surface area contributed by atoms with Crippen LogP contribution in [-0.4, -0.2) is 59.8 Å². The van der Waals surface area contributed by atoms with E-state index in [4.69, 9.17) is 15.0 Å². The number of hydrogen-bond donors (Lipinski definition) is 2. The Kier molecular flexibility index (Phi) is 7.68. The zero-order valence-electron chi connectivity index (χ0n) is 19.0. The van der Waals surface area contributed by atoms with Gasteiger partial charge in [-0.2, -0.15) is 0 Å². The summed E-state index contributed by atoms with van der Waals surface area (Å²) in [7, 11) is -3.76. The lowest BCUT2D eigenvalue weighted by molar-refractivity contribution is -0.141. The summed E-state index contributed by atoms with van der Waals surface area (Å²) in [5.74, 6) is -0.452. The Labute approximate surface area is 192 Å². The van der Waals surface area contributed by atoms with Crippen LogP contribution in [0, 0.1) is 0 Å². The number of carboxylic acids is 1. The van der Waals surface area contributed by atoms with Crippen molar-refractivity contribution >= 4 is 30.5 Å². The Hall–Kier alpha value is -3.01. The topological polar surface area (TPSA) is 146 Å². The van der Waals surface area contributed by atoms with Crippen LogP contribution in [0.4, 0.5) is 5.82 Å². The van der Waals surface area contributed by atoms with E-state index in [1.165, 1.54) is 17.9 Å². The first-order chi connectivity index (χ1) is 15.6.